The van der Waals surface area contributed by atoms with Gasteiger partial charge in [-0.2, -0.15) is 11.8 Å². The number of carbonyl (C=O) groups is 1. The molecule has 5 heteroatoms. The molecule has 0 unspecified atom stereocenters. The quantitative estimate of drug-likeness (QED) is 0.315. The van der Waals surface area contributed by atoms with Gasteiger partial charge in [0, 0.05) is 12.1 Å². The SMILES string of the molecule is CSCC[C@H](NC(=O)c1ccc(C(C)(C)C)cc1)c1nc2ccccc2n1Cc1ccccc1. The summed E-state index contributed by atoms with van der Waals surface area (Å²) in [5.41, 5.74) is 5.18. The third-order valence-electron chi connectivity index (χ3n) is 6.11. The molecule has 1 N–H and O–H groups in total. The lowest BCUT2D eigenvalue weighted by Crippen LogP contribution is -2.31. The van der Waals surface area contributed by atoms with Gasteiger partial charge in [-0.15, -0.1) is 0 Å². The summed E-state index contributed by atoms with van der Waals surface area (Å²) in [6.45, 7) is 7.25. The normalized spacial score (nSPS) is 12.6. The van der Waals surface area contributed by atoms with Gasteiger partial charge in [0.1, 0.15) is 5.82 Å². The molecule has 0 spiro atoms. The van der Waals surface area contributed by atoms with E-state index in [1.165, 1.54) is 11.1 Å². The van der Waals surface area contributed by atoms with Crippen molar-refractivity contribution in [3.05, 3.63) is 101 Å². The summed E-state index contributed by atoms with van der Waals surface area (Å²) in [5, 5.41) is 3.29. The Hall–Kier alpha value is -3.05. The minimum atomic E-state index is -0.182. The summed E-state index contributed by atoms with van der Waals surface area (Å²) >= 11 is 1.78. The van der Waals surface area contributed by atoms with Crippen LogP contribution in [0.5, 0.6) is 0 Å². The van der Waals surface area contributed by atoms with Gasteiger partial charge in [-0.3, -0.25) is 4.79 Å². The van der Waals surface area contributed by atoms with Crippen LogP contribution >= 0.6 is 11.8 Å². The molecule has 0 aliphatic carbocycles. The maximum atomic E-state index is 13.3. The summed E-state index contributed by atoms with van der Waals surface area (Å²) in [7, 11) is 0. The first-order chi connectivity index (χ1) is 16.4. The van der Waals surface area contributed by atoms with E-state index in [0.29, 0.717) is 12.1 Å². The molecule has 1 atom stereocenters. The van der Waals surface area contributed by atoms with Crippen LogP contribution < -0.4 is 5.32 Å². The molecule has 0 radical (unpaired) electrons. The van der Waals surface area contributed by atoms with Crippen molar-refractivity contribution < 1.29 is 4.79 Å². The van der Waals surface area contributed by atoms with Crippen LogP contribution in [0.25, 0.3) is 11.0 Å². The van der Waals surface area contributed by atoms with Gasteiger partial charge in [0.25, 0.3) is 5.91 Å². The fourth-order valence-electron chi connectivity index (χ4n) is 4.16. The second-order valence-corrected chi connectivity index (χ2v) is 10.7. The summed E-state index contributed by atoms with van der Waals surface area (Å²) in [6, 6.07) is 26.4. The third-order valence-corrected chi connectivity index (χ3v) is 6.75. The molecular weight excluding hydrogens is 438 g/mol. The number of hydrogen-bond donors (Lipinski definition) is 1. The van der Waals surface area contributed by atoms with Crippen LogP contribution in [0.4, 0.5) is 0 Å². The number of benzene rings is 3. The third kappa shape index (κ3) is 5.53. The summed E-state index contributed by atoms with van der Waals surface area (Å²) < 4.78 is 2.25. The number of thioether (sulfide) groups is 1. The molecule has 4 aromatic rings. The number of hydrogen-bond acceptors (Lipinski definition) is 3. The molecule has 0 saturated heterocycles. The van der Waals surface area contributed by atoms with Gasteiger partial charge in [0.15, 0.2) is 0 Å². The highest BCUT2D eigenvalue weighted by Gasteiger charge is 2.23. The van der Waals surface area contributed by atoms with Crippen LogP contribution in [0.2, 0.25) is 0 Å². The Kier molecular flexibility index (Phi) is 7.42. The van der Waals surface area contributed by atoms with E-state index in [1.807, 2.05) is 36.4 Å². The topological polar surface area (TPSA) is 46.9 Å². The first kappa shape index (κ1) is 24.1. The van der Waals surface area contributed by atoms with E-state index in [9.17, 15) is 4.79 Å². The Balaban J connectivity index is 1.67. The van der Waals surface area contributed by atoms with Gasteiger partial charge < -0.3 is 9.88 Å². The average molecular weight is 472 g/mol. The summed E-state index contributed by atoms with van der Waals surface area (Å²) in [5.74, 6) is 1.77. The van der Waals surface area contributed by atoms with Crippen molar-refractivity contribution in [3.63, 3.8) is 0 Å². The minimum absolute atomic E-state index is 0.0538. The highest BCUT2D eigenvalue weighted by molar-refractivity contribution is 7.98. The number of nitrogens with zero attached hydrogens (tertiary/aromatic N) is 2. The Morgan fingerprint density at radius 3 is 2.32 bits per heavy atom. The first-order valence-corrected chi connectivity index (χ1v) is 13.2. The van der Waals surface area contributed by atoms with Crippen LogP contribution in [0.3, 0.4) is 0 Å². The molecule has 34 heavy (non-hydrogen) atoms. The van der Waals surface area contributed by atoms with Crippen molar-refractivity contribution in [3.8, 4) is 0 Å². The maximum absolute atomic E-state index is 13.3. The molecule has 3 aromatic carbocycles. The second-order valence-electron chi connectivity index (χ2n) is 9.67. The zero-order valence-electron chi connectivity index (χ0n) is 20.4. The largest absolute Gasteiger partial charge is 0.342 e. The lowest BCUT2D eigenvalue weighted by atomic mass is 9.86. The predicted molar refractivity (Wildman–Crippen MR) is 144 cm³/mol. The molecule has 0 fully saturated rings. The molecule has 1 heterocycles. The van der Waals surface area contributed by atoms with E-state index < -0.39 is 0 Å². The van der Waals surface area contributed by atoms with Crippen molar-refractivity contribution in [2.45, 2.75) is 45.2 Å². The van der Waals surface area contributed by atoms with E-state index in [4.69, 9.17) is 4.98 Å². The van der Waals surface area contributed by atoms with E-state index >= 15 is 0 Å². The minimum Gasteiger partial charge on any atom is -0.342 e. The molecule has 1 amide bonds. The Bertz CT molecular complexity index is 1240. The standard InChI is InChI=1S/C29H33N3OS/c1-29(2,3)23-16-14-22(15-17-23)28(33)31-25(18-19-34-4)27-30-24-12-8-9-13-26(24)32(27)20-21-10-6-5-7-11-21/h5-17,25H,18-20H2,1-4H3,(H,31,33)/t25-/m0/s1. The zero-order chi connectivity index (χ0) is 24.1. The number of carbonyl (C=O) groups excluding carboxylic acids is 1. The highest BCUT2D eigenvalue weighted by Crippen LogP contribution is 2.26. The number of imidazole rings is 1. The molecule has 4 nitrogen and oxygen atoms in total. The van der Waals surface area contributed by atoms with Gasteiger partial charge in [-0.1, -0.05) is 75.4 Å². The lowest BCUT2D eigenvalue weighted by molar-refractivity contribution is 0.0933. The second kappa shape index (κ2) is 10.5. The number of aromatic nitrogens is 2. The fraction of sp³-hybridized carbons (Fsp3) is 0.310. The fourth-order valence-corrected chi connectivity index (χ4v) is 4.63. The van der Waals surface area contributed by atoms with Gasteiger partial charge in [-0.05, 0) is 59.2 Å². The van der Waals surface area contributed by atoms with Crippen molar-refractivity contribution in [2.75, 3.05) is 12.0 Å². The van der Waals surface area contributed by atoms with Crippen LogP contribution in [0, 0.1) is 0 Å². The molecule has 1 aromatic heterocycles. The Labute approximate surface area is 206 Å². The van der Waals surface area contributed by atoms with Gasteiger partial charge in [0.2, 0.25) is 0 Å². The molecular formula is C29H33N3OS. The number of rotatable bonds is 8. The first-order valence-electron chi connectivity index (χ1n) is 11.8. The monoisotopic (exact) mass is 471 g/mol. The average Bonchev–Trinajstić information content (AvgIpc) is 3.20. The Morgan fingerprint density at radius 2 is 1.65 bits per heavy atom. The van der Waals surface area contributed by atoms with E-state index in [2.05, 4.69) is 79.4 Å². The van der Waals surface area contributed by atoms with E-state index in [-0.39, 0.29) is 17.4 Å². The van der Waals surface area contributed by atoms with E-state index in [1.54, 1.807) is 11.8 Å². The zero-order valence-corrected chi connectivity index (χ0v) is 21.2. The number of amides is 1. The number of fused-ring (bicyclic) bond motifs is 1. The van der Waals surface area contributed by atoms with E-state index in [0.717, 1.165) is 29.0 Å². The summed E-state index contributed by atoms with van der Waals surface area (Å²) in [4.78, 5) is 18.3. The lowest BCUT2D eigenvalue weighted by Gasteiger charge is -2.21. The van der Waals surface area contributed by atoms with Gasteiger partial charge in [-0.25, -0.2) is 4.98 Å². The molecule has 176 valence electrons. The van der Waals surface area contributed by atoms with Gasteiger partial charge in [0.05, 0.1) is 17.1 Å². The molecule has 0 saturated carbocycles. The molecule has 0 bridgehead atoms. The number of nitrogens with one attached hydrogen (secondary N) is 1. The predicted octanol–water partition coefficient (Wildman–Crippen LogP) is 6.61. The van der Waals surface area contributed by atoms with Crippen molar-refractivity contribution in [1.82, 2.24) is 14.9 Å². The summed E-state index contributed by atoms with van der Waals surface area (Å²) in [6.07, 6.45) is 2.90. The smallest absolute Gasteiger partial charge is 0.251 e. The van der Waals surface area contributed by atoms with Gasteiger partial charge >= 0.3 is 0 Å². The number of para-hydroxylation sites is 2. The van der Waals surface area contributed by atoms with Crippen LogP contribution in [0.15, 0.2) is 78.9 Å². The molecule has 0 aliphatic rings. The van der Waals surface area contributed by atoms with Crippen LogP contribution in [-0.2, 0) is 12.0 Å². The van der Waals surface area contributed by atoms with Crippen molar-refractivity contribution >= 4 is 28.7 Å². The highest BCUT2D eigenvalue weighted by atomic mass is 32.2. The molecule has 4 rings (SSSR count). The molecule has 0 aliphatic heterocycles. The van der Waals surface area contributed by atoms with Crippen molar-refractivity contribution in [2.24, 2.45) is 0 Å². The van der Waals surface area contributed by atoms with Crippen molar-refractivity contribution in [1.29, 1.82) is 0 Å². The Morgan fingerprint density at radius 1 is 0.971 bits per heavy atom. The maximum Gasteiger partial charge on any atom is 0.251 e. The van der Waals surface area contributed by atoms with Crippen LogP contribution in [0.1, 0.15) is 60.5 Å². The van der Waals surface area contributed by atoms with Crippen LogP contribution in [-0.4, -0.2) is 27.5 Å².